The minimum atomic E-state index is -0.353. The molecule has 9 heteroatoms. The number of ether oxygens (including phenoxy) is 1. The van der Waals surface area contributed by atoms with Gasteiger partial charge in [-0.1, -0.05) is 0 Å². The second kappa shape index (κ2) is 7.47. The van der Waals surface area contributed by atoms with Gasteiger partial charge in [-0.25, -0.2) is 9.78 Å². The number of rotatable bonds is 5. The highest BCUT2D eigenvalue weighted by Crippen LogP contribution is 2.14. The van der Waals surface area contributed by atoms with Crippen LogP contribution in [0.15, 0.2) is 27.9 Å². The van der Waals surface area contributed by atoms with Crippen molar-refractivity contribution in [2.75, 3.05) is 44.7 Å². The summed E-state index contributed by atoms with van der Waals surface area (Å²) in [6, 6.07) is 3.16. The van der Waals surface area contributed by atoms with Gasteiger partial charge in [0, 0.05) is 63.3 Å². The number of aryl methyl sites for hydroxylation is 1. The summed E-state index contributed by atoms with van der Waals surface area (Å²) in [5, 5.41) is 0. The zero-order valence-corrected chi connectivity index (χ0v) is 14.4. The average Bonchev–Trinajstić information content (AvgIpc) is 2.61. The molecule has 3 rings (SSSR count). The van der Waals surface area contributed by atoms with Gasteiger partial charge >= 0.3 is 5.69 Å². The van der Waals surface area contributed by atoms with Gasteiger partial charge in [-0.05, 0) is 6.92 Å². The number of aromatic amines is 1. The van der Waals surface area contributed by atoms with E-state index in [2.05, 4.69) is 24.8 Å². The highest BCUT2D eigenvalue weighted by atomic mass is 16.5. The summed E-state index contributed by atoms with van der Waals surface area (Å²) in [5.74, 6) is 1.20. The van der Waals surface area contributed by atoms with Crippen LogP contribution in [0.2, 0.25) is 0 Å². The summed E-state index contributed by atoms with van der Waals surface area (Å²) in [4.78, 5) is 39.4. The van der Waals surface area contributed by atoms with E-state index in [1.165, 1.54) is 10.6 Å². The van der Waals surface area contributed by atoms with Crippen LogP contribution in [0.4, 0.5) is 5.95 Å². The van der Waals surface area contributed by atoms with Gasteiger partial charge in [0.1, 0.15) is 0 Å². The Balaban J connectivity index is 1.56. The lowest BCUT2D eigenvalue weighted by Gasteiger charge is -2.34. The average molecular weight is 346 g/mol. The molecule has 2 aromatic heterocycles. The fourth-order valence-electron chi connectivity index (χ4n) is 2.86. The monoisotopic (exact) mass is 346 g/mol. The highest BCUT2D eigenvalue weighted by molar-refractivity contribution is 5.32. The molecule has 0 atom stereocenters. The summed E-state index contributed by atoms with van der Waals surface area (Å²) in [6.45, 7) is 5.94. The Morgan fingerprint density at radius 3 is 2.64 bits per heavy atom. The van der Waals surface area contributed by atoms with E-state index >= 15 is 0 Å². The van der Waals surface area contributed by atoms with Crippen LogP contribution in [0.3, 0.4) is 0 Å². The molecule has 0 aliphatic carbocycles. The molecule has 9 nitrogen and oxygen atoms in total. The summed E-state index contributed by atoms with van der Waals surface area (Å²) in [7, 11) is 1.58. The van der Waals surface area contributed by atoms with E-state index in [4.69, 9.17) is 4.74 Å². The number of nitrogens with zero attached hydrogens (tertiary/aromatic N) is 5. The molecule has 0 amide bonds. The molecule has 0 radical (unpaired) electrons. The van der Waals surface area contributed by atoms with E-state index < -0.39 is 0 Å². The van der Waals surface area contributed by atoms with E-state index in [1.807, 2.05) is 0 Å². The molecule has 0 unspecified atom stereocenters. The number of nitrogens with one attached hydrogen (secondary N) is 1. The first-order valence-corrected chi connectivity index (χ1v) is 8.22. The van der Waals surface area contributed by atoms with Crippen LogP contribution in [0, 0.1) is 6.92 Å². The number of hydrogen-bond donors (Lipinski definition) is 1. The number of methoxy groups -OCH3 is 1. The Morgan fingerprint density at radius 1 is 1.20 bits per heavy atom. The molecule has 0 spiro atoms. The summed E-state index contributed by atoms with van der Waals surface area (Å²) in [5.41, 5.74) is -0.0313. The van der Waals surface area contributed by atoms with Crippen LogP contribution in [0.5, 0.6) is 5.88 Å². The number of aromatic nitrogens is 4. The van der Waals surface area contributed by atoms with Crippen molar-refractivity contribution in [1.29, 1.82) is 0 Å². The molecule has 134 valence electrons. The predicted molar refractivity (Wildman–Crippen MR) is 93.3 cm³/mol. The van der Waals surface area contributed by atoms with Crippen molar-refractivity contribution in [3.05, 3.63) is 44.9 Å². The molecule has 0 bridgehead atoms. The number of anilines is 1. The smallest absolute Gasteiger partial charge is 0.328 e. The molecule has 0 aromatic carbocycles. The first kappa shape index (κ1) is 17.2. The van der Waals surface area contributed by atoms with Crippen LogP contribution < -0.4 is 20.9 Å². The molecule has 2 aromatic rings. The standard InChI is InChI=1S/C16H22N6O3/c1-12-11-14(23)22(16(24)18-12)10-7-20-5-8-21(9-6-20)15-17-4-3-13(19-15)25-2/h3-4,11H,5-10H2,1-2H3,(H,18,24). The zero-order chi connectivity index (χ0) is 17.8. The topological polar surface area (TPSA) is 96.4 Å². The third-order valence-corrected chi connectivity index (χ3v) is 4.28. The van der Waals surface area contributed by atoms with Gasteiger partial charge in [0.2, 0.25) is 11.8 Å². The van der Waals surface area contributed by atoms with Crippen LogP contribution in [-0.2, 0) is 6.54 Å². The zero-order valence-electron chi connectivity index (χ0n) is 14.4. The number of piperazine rings is 1. The molecule has 0 saturated carbocycles. The number of H-pyrrole nitrogens is 1. The Hall–Kier alpha value is -2.68. The fourth-order valence-corrected chi connectivity index (χ4v) is 2.86. The normalized spacial score (nSPS) is 15.4. The molecule has 1 fully saturated rings. The van der Waals surface area contributed by atoms with Gasteiger partial charge in [-0.3, -0.25) is 14.3 Å². The first-order chi connectivity index (χ1) is 12.1. The molecule has 3 heterocycles. The van der Waals surface area contributed by atoms with Crippen LogP contribution in [-0.4, -0.2) is 64.3 Å². The minimum Gasteiger partial charge on any atom is -0.481 e. The molecule has 1 N–H and O–H groups in total. The van der Waals surface area contributed by atoms with Crippen molar-refractivity contribution in [3.8, 4) is 5.88 Å². The van der Waals surface area contributed by atoms with Crippen LogP contribution >= 0.6 is 0 Å². The maximum atomic E-state index is 11.9. The van der Waals surface area contributed by atoms with Gasteiger partial charge in [-0.15, -0.1) is 0 Å². The van der Waals surface area contributed by atoms with E-state index in [0.29, 0.717) is 30.6 Å². The van der Waals surface area contributed by atoms with E-state index in [9.17, 15) is 9.59 Å². The molecular weight excluding hydrogens is 324 g/mol. The van der Waals surface area contributed by atoms with E-state index in [-0.39, 0.29) is 11.2 Å². The SMILES string of the molecule is COc1ccnc(N2CCN(CCn3c(=O)cc(C)[nH]c3=O)CC2)n1. The Morgan fingerprint density at radius 2 is 1.96 bits per heavy atom. The lowest BCUT2D eigenvalue weighted by atomic mass is 10.3. The summed E-state index contributed by atoms with van der Waals surface area (Å²) < 4.78 is 6.37. The van der Waals surface area contributed by atoms with Gasteiger partial charge in [-0.2, -0.15) is 4.98 Å². The number of hydrogen-bond acceptors (Lipinski definition) is 7. The maximum Gasteiger partial charge on any atom is 0.328 e. The van der Waals surface area contributed by atoms with Crippen molar-refractivity contribution in [1.82, 2.24) is 24.4 Å². The third kappa shape index (κ3) is 4.05. The largest absolute Gasteiger partial charge is 0.481 e. The second-order valence-corrected chi connectivity index (χ2v) is 5.98. The Bertz CT molecular complexity index is 807. The maximum absolute atomic E-state index is 11.9. The van der Waals surface area contributed by atoms with Crippen LogP contribution in [0.1, 0.15) is 5.69 Å². The second-order valence-electron chi connectivity index (χ2n) is 5.98. The summed E-state index contributed by atoms with van der Waals surface area (Å²) >= 11 is 0. The Labute approximate surface area is 144 Å². The fraction of sp³-hybridized carbons (Fsp3) is 0.500. The molecular formula is C16H22N6O3. The first-order valence-electron chi connectivity index (χ1n) is 8.22. The van der Waals surface area contributed by atoms with Crippen LogP contribution in [0.25, 0.3) is 0 Å². The van der Waals surface area contributed by atoms with E-state index in [1.54, 1.807) is 26.3 Å². The van der Waals surface area contributed by atoms with Crippen molar-refractivity contribution < 1.29 is 4.74 Å². The van der Waals surface area contributed by atoms with Crippen molar-refractivity contribution in [3.63, 3.8) is 0 Å². The lowest BCUT2D eigenvalue weighted by molar-refractivity contribution is 0.244. The lowest BCUT2D eigenvalue weighted by Crippen LogP contribution is -2.49. The minimum absolute atomic E-state index is 0.260. The van der Waals surface area contributed by atoms with Gasteiger partial charge in [0.05, 0.1) is 7.11 Å². The predicted octanol–water partition coefficient (Wildman–Crippen LogP) is -0.534. The van der Waals surface area contributed by atoms with E-state index in [0.717, 1.165) is 26.2 Å². The van der Waals surface area contributed by atoms with Crippen molar-refractivity contribution in [2.45, 2.75) is 13.5 Å². The van der Waals surface area contributed by atoms with Gasteiger partial charge in [0.25, 0.3) is 5.56 Å². The van der Waals surface area contributed by atoms with Crippen molar-refractivity contribution in [2.24, 2.45) is 0 Å². The van der Waals surface area contributed by atoms with Gasteiger partial charge < -0.3 is 14.6 Å². The third-order valence-electron chi connectivity index (χ3n) is 4.28. The Kier molecular flexibility index (Phi) is 5.13. The molecule has 1 saturated heterocycles. The highest BCUT2D eigenvalue weighted by Gasteiger charge is 2.19. The molecule has 25 heavy (non-hydrogen) atoms. The molecule has 1 aliphatic rings. The van der Waals surface area contributed by atoms with Gasteiger partial charge in [0.15, 0.2) is 0 Å². The van der Waals surface area contributed by atoms with Crippen molar-refractivity contribution >= 4 is 5.95 Å². The molecule has 1 aliphatic heterocycles. The quantitative estimate of drug-likeness (QED) is 0.777. The summed E-state index contributed by atoms with van der Waals surface area (Å²) in [6.07, 6.45) is 1.68.